The Bertz CT molecular complexity index is 907. The van der Waals surface area contributed by atoms with E-state index in [1.807, 2.05) is 24.4 Å². The number of fused-ring (bicyclic) bond motifs is 2. The zero-order valence-corrected chi connectivity index (χ0v) is 18.3. The van der Waals surface area contributed by atoms with E-state index < -0.39 is 11.7 Å². The third-order valence-corrected chi connectivity index (χ3v) is 8.81. The molecule has 6 atom stereocenters. The van der Waals surface area contributed by atoms with E-state index in [4.69, 9.17) is 10.5 Å². The topological polar surface area (TPSA) is 91.5 Å². The Hall–Kier alpha value is -1.72. The van der Waals surface area contributed by atoms with Crippen molar-refractivity contribution in [1.29, 1.82) is 0 Å². The van der Waals surface area contributed by atoms with Gasteiger partial charge in [-0.25, -0.2) is 0 Å². The molecular weight excluding hydrogens is 364 g/mol. The highest BCUT2D eigenvalue weighted by Crippen LogP contribution is 2.63. The number of aliphatic hydroxyl groups is 1. The van der Waals surface area contributed by atoms with Crippen LogP contribution in [0.1, 0.15) is 60.3 Å². The molecule has 29 heavy (non-hydrogen) atoms. The normalized spacial score (nSPS) is 39.3. The molecule has 5 nitrogen and oxygen atoms in total. The lowest BCUT2D eigenvalue weighted by Gasteiger charge is -2.66. The first-order valence-electron chi connectivity index (χ1n) is 11.0. The van der Waals surface area contributed by atoms with Gasteiger partial charge in [0.15, 0.2) is 5.88 Å². The van der Waals surface area contributed by atoms with Crippen molar-refractivity contribution in [3.8, 4) is 11.6 Å². The summed E-state index contributed by atoms with van der Waals surface area (Å²) in [5.41, 5.74) is 5.66. The van der Waals surface area contributed by atoms with Gasteiger partial charge in [0.25, 0.3) is 0 Å². The van der Waals surface area contributed by atoms with Crippen molar-refractivity contribution in [2.45, 2.75) is 78.0 Å². The average molecular weight is 401 g/mol. The summed E-state index contributed by atoms with van der Waals surface area (Å²) in [6, 6.07) is 5.47. The summed E-state index contributed by atoms with van der Waals surface area (Å²) < 4.78 is 7.08. The van der Waals surface area contributed by atoms with E-state index in [2.05, 4.69) is 39.6 Å². The zero-order valence-electron chi connectivity index (χ0n) is 18.3. The first-order chi connectivity index (χ1) is 13.6. The monoisotopic (exact) mass is 400 g/mol. The maximum Gasteiger partial charge on any atom is 0.196 e. The second-order valence-corrected chi connectivity index (χ2v) is 10.3. The molecule has 0 bridgehead atoms. The molecule has 1 aromatic heterocycles. The Morgan fingerprint density at radius 3 is 2.62 bits per heavy atom. The summed E-state index contributed by atoms with van der Waals surface area (Å²) in [6.07, 6.45) is 5.01. The van der Waals surface area contributed by atoms with Crippen molar-refractivity contribution in [2.24, 2.45) is 28.4 Å². The number of aromatic nitrogens is 1. The SMILES string of the molecule is CCC1(C)C(C)CCC2C(C)(C)C(O)C(N)CC21Oc1cccc2c(O)[nH]cc12. The van der Waals surface area contributed by atoms with E-state index in [0.717, 1.165) is 35.8 Å². The maximum absolute atomic E-state index is 11.0. The van der Waals surface area contributed by atoms with Gasteiger partial charge in [0.05, 0.1) is 6.10 Å². The summed E-state index contributed by atoms with van der Waals surface area (Å²) >= 11 is 0. The summed E-state index contributed by atoms with van der Waals surface area (Å²) in [5, 5.41) is 22.8. The van der Waals surface area contributed by atoms with Gasteiger partial charge >= 0.3 is 0 Å². The fraction of sp³-hybridized carbons (Fsp3) is 0.667. The Labute approximate surface area is 173 Å². The minimum atomic E-state index is -0.550. The molecule has 2 aromatic rings. The number of ether oxygens (including phenoxy) is 1. The Morgan fingerprint density at radius 1 is 1.21 bits per heavy atom. The van der Waals surface area contributed by atoms with Crippen LogP contribution in [0.3, 0.4) is 0 Å². The quantitative estimate of drug-likeness (QED) is 0.607. The van der Waals surface area contributed by atoms with Gasteiger partial charge in [-0.15, -0.1) is 0 Å². The number of rotatable bonds is 3. The predicted octanol–water partition coefficient (Wildman–Crippen LogP) is 4.57. The van der Waals surface area contributed by atoms with Gasteiger partial charge in [-0.3, -0.25) is 0 Å². The fourth-order valence-electron chi connectivity index (χ4n) is 6.63. The van der Waals surface area contributed by atoms with Gasteiger partial charge in [0.1, 0.15) is 11.4 Å². The average Bonchev–Trinajstić information content (AvgIpc) is 3.06. The molecule has 2 saturated carbocycles. The van der Waals surface area contributed by atoms with Gasteiger partial charge in [0, 0.05) is 40.8 Å². The van der Waals surface area contributed by atoms with Gasteiger partial charge in [-0.1, -0.05) is 40.7 Å². The van der Waals surface area contributed by atoms with E-state index in [1.54, 1.807) is 0 Å². The minimum absolute atomic E-state index is 0.0779. The lowest BCUT2D eigenvalue weighted by Crippen LogP contribution is -2.72. The van der Waals surface area contributed by atoms with Crippen LogP contribution in [0.5, 0.6) is 11.6 Å². The van der Waals surface area contributed by atoms with Crippen molar-refractivity contribution in [3.63, 3.8) is 0 Å². The number of hydrogen-bond donors (Lipinski definition) is 4. The lowest BCUT2D eigenvalue weighted by molar-refractivity contribution is -0.232. The third kappa shape index (κ3) is 2.66. The first kappa shape index (κ1) is 20.5. The minimum Gasteiger partial charge on any atom is -0.494 e. The molecule has 0 aliphatic heterocycles. The van der Waals surface area contributed by atoms with Crippen LogP contribution in [0, 0.1) is 22.7 Å². The summed E-state index contributed by atoms with van der Waals surface area (Å²) in [4.78, 5) is 2.91. The summed E-state index contributed by atoms with van der Waals surface area (Å²) in [6.45, 7) is 11.2. The van der Waals surface area contributed by atoms with Crippen molar-refractivity contribution >= 4 is 10.8 Å². The maximum atomic E-state index is 11.0. The highest BCUT2D eigenvalue weighted by molar-refractivity contribution is 5.92. The molecule has 160 valence electrons. The van der Waals surface area contributed by atoms with Crippen LogP contribution in [0.25, 0.3) is 10.8 Å². The van der Waals surface area contributed by atoms with E-state index in [-0.39, 0.29) is 28.7 Å². The Balaban J connectivity index is 1.92. The van der Waals surface area contributed by atoms with Gasteiger partial charge < -0.3 is 25.7 Å². The van der Waals surface area contributed by atoms with Gasteiger partial charge in [0.2, 0.25) is 0 Å². The molecule has 0 amide bonds. The molecular formula is C24H36N2O3. The number of benzene rings is 1. The van der Waals surface area contributed by atoms with Crippen molar-refractivity contribution < 1.29 is 14.9 Å². The highest BCUT2D eigenvalue weighted by atomic mass is 16.5. The van der Waals surface area contributed by atoms with Crippen LogP contribution >= 0.6 is 0 Å². The van der Waals surface area contributed by atoms with Crippen molar-refractivity contribution in [2.75, 3.05) is 0 Å². The number of aromatic amines is 1. The lowest BCUT2D eigenvalue weighted by atomic mass is 9.44. The number of aliphatic hydroxyl groups excluding tert-OH is 1. The third-order valence-electron chi connectivity index (χ3n) is 8.81. The van der Waals surface area contributed by atoms with Crippen LogP contribution in [0.2, 0.25) is 0 Å². The van der Waals surface area contributed by atoms with Crippen molar-refractivity contribution in [3.05, 3.63) is 24.4 Å². The fourth-order valence-corrected chi connectivity index (χ4v) is 6.63. The molecule has 0 radical (unpaired) electrons. The van der Waals surface area contributed by atoms with Gasteiger partial charge in [-0.2, -0.15) is 0 Å². The second kappa shape index (κ2) is 6.64. The number of nitrogens with one attached hydrogen (secondary N) is 1. The summed E-state index contributed by atoms with van der Waals surface area (Å²) in [7, 11) is 0. The number of nitrogens with two attached hydrogens (primary N) is 1. The Kier molecular flexibility index (Phi) is 4.71. The smallest absolute Gasteiger partial charge is 0.196 e. The van der Waals surface area contributed by atoms with E-state index in [1.165, 1.54) is 0 Å². The molecule has 5 N–H and O–H groups in total. The van der Waals surface area contributed by atoms with E-state index in [0.29, 0.717) is 12.3 Å². The molecule has 0 spiro atoms. The molecule has 0 saturated heterocycles. The number of aromatic hydroxyl groups is 1. The standard InChI is InChI=1S/C24H36N2O3/c1-6-23(5)14(2)10-11-19-22(3,4)20(27)17(25)12-24(19,23)29-18-9-7-8-15-16(18)13-26-21(15)28/h7-9,13-14,17,19-20,26-28H,6,10-12,25H2,1-5H3. The molecule has 5 heteroatoms. The molecule has 4 rings (SSSR count). The summed E-state index contributed by atoms with van der Waals surface area (Å²) in [5.74, 6) is 1.61. The largest absolute Gasteiger partial charge is 0.494 e. The van der Waals surface area contributed by atoms with E-state index >= 15 is 0 Å². The zero-order chi connectivity index (χ0) is 21.2. The number of hydrogen-bond acceptors (Lipinski definition) is 4. The second-order valence-electron chi connectivity index (χ2n) is 10.3. The molecule has 6 unspecified atom stereocenters. The predicted molar refractivity (Wildman–Crippen MR) is 116 cm³/mol. The van der Waals surface area contributed by atoms with E-state index in [9.17, 15) is 10.2 Å². The van der Waals surface area contributed by atoms with Crippen molar-refractivity contribution in [1.82, 2.24) is 4.98 Å². The van der Waals surface area contributed by atoms with Crippen LogP contribution in [-0.4, -0.2) is 32.9 Å². The molecule has 2 aliphatic rings. The number of H-pyrrole nitrogens is 1. The molecule has 2 aliphatic carbocycles. The van der Waals surface area contributed by atoms with Crippen LogP contribution < -0.4 is 10.5 Å². The first-order valence-corrected chi connectivity index (χ1v) is 11.0. The molecule has 1 aromatic carbocycles. The van der Waals surface area contributed by atoms with Gasteiger partial charge in [-0.05, 0) is 42.7 Å². The highest BCUT2D eigenvalue weighted by Gasteiger charge is 2.67. The van der Waals surface area contributed by atoms with Crippen LogP contribution in [-0.2, 0) is 0 Å². The molecule has 1 heterocycles. The molecule has 2 fully saturated rings. The van der Waals surface area contributed by atoms with Crippen LogP contribution in [0.15, 0.2) is 24.4 Å². The Morgan fingerprint density at radius 2 is 1.93 bits per heavy atom. The van der Waals surface area contributed by atoms with Crippen LogP contribution in [0.4, 0.5) is 0 Å².